The fraction of sp³-hybridized carbons (Fsp3) is 0.278. The Balaban J connectivity index is 2.16. The first-order chi connectivity index (χ1) is 11.7. The van der Waals surface area contributed by atoms with Gasteiger partial charge in [0.25, 0.3) is 0 Å². The van der Waals surface area contributed by atoms with E-state index in [9.17, 15) is 13.2 Å². The maximum Gasteiger partial charge on any atom is 0.242 e. The number of hydrogen-bond acceptors (Lipinski definition) is 4. The molecule has 2 rings (SSSR count). The highest BCUT2D eigenvalue weighted by Crippen LogP contribution is 2.22. The third-order valence-electron chi connectivity index (χ3n) is 3.85. The lowest BCUT2D eigenvalue weighted by Gasteiger charge is -2.16. The standard InChI is InChI=1S/C18H23N3O3S/c1-13-9-10-15(12-17(13)25(23,24)21(2)3)20-18(22)16(19)11-14-7-5-4-6-8-14/h4-10,12,16H,11,19H2,1-3H3,(H,20,22)/t16-/m0/s1. The number of carbonyl (C=O) groups is 1. The molecule has 2 aromatic rings. The number of nitrogens with one attached hydrogen (secondary N) is 1. The van der Waals surface area contributed by atoms with Gasteiger partial charge < -0.3 is 11.1 Å². The molecular weight excluding hydrogens is 338 g/mol. The third kappa shape index (κ3) is 4.66. The van der Waals surface area contributed by atoms with E-state index < -0.39 is 16.1 Å². The van der Waals surface area contributed by atoms with E-state index >= 15 is 0 Å². The van der Waals surface area contributed by atoms with Crippen molar-refractivity contribution in [3.8, 4) is 0 Å². The Morgan fingerprint density at radius 2 is 1.80 bits per heavy atom. The lowest BCUT2D eigenvalue weighted by atomic mass is 10.1. The summed E-state index contributed by atoms with van der Waals surface area (Å²) in [5, 5.41) is 2.69. The molecule has 1 atom stereocenters. The van der Waals surface area contributed by atoms with Gasteiger partial charge in [0.2, 0.25) is 15.9 Å². The summed E-state index contributed by atoms with van der Waals surface area (Å²) in [5.74, 6) is -0.360. The number of anilines is 1. The molecule has 0 aliphatic heterocycles. The number of sulfonamides is 1. The first kappa shape index (κ1) is 19.1. The van der Waals surface area contributed by atoms with Gasteiger partial charge in [-0.1, -0.05) is 36.4 Å². The zero-order valence-electron chi connectivity index (χ0n) is 14.6. The van der Waals surface area contributed by atoms with Gasteiger partial charge >= 0.3 is 0 Å². The van der Waals surface area contributed by atoms with Crippen LogP contribution in [0, 0.1) is 6.92 Å². The SMILES string of the molecule is Cc1ccc(NC(=O)[C@@H](N)Cc2ccccc2)cc1S(=O)(=O)N(C)C. The summed E-state index contributed by atoms with van der Waals surface area (Å²) < 4.78 is 25.8. The van der Waals surface area contributed by atoms with Crippen molar-refractivity contribution in [3.63, 3.8) is 0 Å². The Hall–Kier alpha value is -2.22. The topological polar surface area (TPSA) is 92.5 Å². The smallest absolute Gasteiger partial charge is 0.242 e. The van der Waals surface area contributed by atoms with E-state index in [1.54, 1.807) is 19.1 Å². The Morgan fingerprint density at radius 1 is 1.16 bits per heavy atom. The number of nitrogens with zero attached hydrogens (tertiary/aromatic N) is 1. The van der Waals surface area contributed by atoms with Crippen LogP contribution in [0.4, 0.5) is 5.69 Å². The summed E-state index contributed by atoms with van der Waals surface area (Å²) in [7, 11) is -0.648. The van der Waals surface area contributed by atoms with Gasteiger partial charge in [0.15, 0.2) is 0 Å². The van der Waals surface area contributed by atoms with E-state index in [0.717, 1.165) is 9.87 Å². The number of rotatable bonds is 6. The number of carbonyl (C=O) groups excluding carboxylic acids is 1. The molecule has 3 N–H and O–H groups in total. The monoisotopic (exact) mass is 361 g/mol. The van der Waals surface area contributed by atoms with Crippen LogP contribution in [-0.2, 0) is 21.2 Å². The Labute approximate surface area is 148 Å². The number of amides is 1. The fourth-order valence-corrected chi connectivity index (χ4v) is 3.49. The van der Waals surface area contributed by atoms with E-state index in [2.05, 4.69) is 5.32 Å². The van der Waals surface area contributed by atoms with Crippen LogP contribution in [0.2, 0.25) is 0 Å². The van der Waals surface area contributed by atoms with Crippen LogP contribution in [0.1, 0.15) is 11.1 Å². The minimum absolute atomic E-state index is 0.159. The lowest BCUT2D eigenvalue weighted by Crippen LogP contribution is -2.37. The summed E-state index contributed by atoms with van der Waals surface area (Å²) in [5.41, 5.74) is 7.94. The van der Waals surface area contributed by atoms with E-state index in [4.69, 9.17) is 5.73 Å². The summed E-state index contributed by atoms with van der Waals surface area (Å²) in [4.78, 5) is 12.5. The number of aryl methyl sites for hydroxylation is 1. The highest BCUT2D eigenvalue weighted by molar-refractivity contribution is 7.89. The molecular formula is C18H23N3O3S. The Morgan fingerprint density at radius 3 is 2.40 bits per heavy atom. The van der Waals surface area contributed by atoms with Crippen molar-refractivity contribution in [1.29, 1.82) is 0 Å². The van der Waals surface area contributed by atoms with Crippen molar-refractivity contribution < 1.29 is 13.2 Å². The molecule has 0 aromatic heterocycles. The zero-order valence-corrected chi connectivity index (χ0v) is 15.4. The van der Waals surface area contributed by atoms with E-state index in [0.29, 0.717) is 17.7 Å². The minimum Gasteiger partial charge on any atom is -0.325 e. The summed E-state index contributed by atoms with van der Waals surface area (Å²) >= 11 is 0. The molecule has 25 heavy (non-hydrogen) atoms. The Bertz CT molecular complexity index is 849. The second-order valence-corrected chi connectivity index (χ2v) is 8.17. The maximum atomic E-state index is 12.4. The number of benzene rings is 2. The van der Waals surface area contributed by atoms with Crippen molar-refractivity contribution in [2.45, 2.75) is 24.3 Å². The minimum atomic E-state index is -3.58. The van der Waals surface area contributed by atoms with Crippen LogP contribution >= 0.6 is 0 Å². The fourth-order valence-electron chi connectivity index (χ4n) is 2.35. The van der Waals surface area contributed by atoms with Gasteiger partial charge in [-0.15, -0.1) is 0 Å². The molecule has 7 heteroatoms. The van der Waals surface area contributed by atoms with Crippen LogP contribution in [-0.4, -0.2) is 38.8 Å². The largest absolute Gasteiger partial charge is 0.325 e. The highest BCUT2D eigenvalue weighted by Gasteiger charge is 2.21. The second-order valence-electron chi connectivity index (χ2n) is 6.05. The zero-order chi connectivity index (χ0) is 18.6. The van der Waals surface area contributed by atoms with Crippen LogP contribution in [0.5, 0.6) is 0 Å². The first-order valence-electron chi connectivity index (χ1n) is 7.85. The van der Waals surface area contributed by atoms with Crippen molar-refractivity contribution in [2.75, 3.05) is 19.4 Å². The molecule has 0 saturated carbocycles. The van der Waals surface area contributed by atoms with Crippen molar-refractivity contribution in [2.24, 2.45) is 5.73 Å². The quantitative estimate of drug-likeness (QED) is 0.820. The maximum absolute atomic E-state index is 12.4. The van der Waals surface area contributed by atoms with Crippen molar-refractivity contribution in [1.82, 2.24) is 4.31 Å². The molecule has 0 fully saturated rings. The van der Waals surface area contributed by atoms with Gasteiger partial charge in [0.1, 0.15) is 0 Å². The van der Waals surface area contributed by atoms with Gasteiger partial charge in [-0.25, -0.2) is 12.7 Å². The average Bonchev–Trinajstić information content (AvgIpc) is 2.57. The van der Waals surface area contributed by atoms with Crippen LogP contribution in [0.25, 0.3) is 0 Å². The lowest BCUT2D eigenvalue weighted by molar-refractivity contribution is -0.117. The molecule has 0 aliphatic rings. The average molecular weight is 361 g/mol. The summed E-state index contributed by atoms with van der Waals surface area (Å²) in [6.45, 7) is 1.71. The van der Waals surface area contributed by atoms with Crippen LogP contribution in [0.3, 0.4) is 0 Å². The predicted octanol–water partition coefficient (Wildman–Crippen LogP) is 1.75. The summed E-state index contributed by atoms with van der Waals surface area (Å²) in [6, 6.07) is 13.5. The Kier molecular flexibility index (Phi) is 5.94. The summed E-state index contributed by atoms with van der Waals surface area (Å²) in [6.07, 6.45) is 0.404. The normalized spacial score (nSPS) is 12.8. The van der Waals surface area contributed by atoms with E-state index in [1.165, 1.54) is 20.2 Å². The van der Waals surface area contributed by atoms with E-state index in [-0.39, 0.29) is 10.8 Å². The van der Waals surface area contributed by atoms with Crippen LogP contribution < -0.4 is 11.1 Å². The molecule has 2 aromatic carbocycles. The molecule has 0 spiro atoms. The predicted molar refractivity (Wildman–Crippen MR) is 98.8 cm³/mol. The molecule has 1 amide bonds. The van der Waals surface area contributed by atoms with E-state index in [1.807, 2.05) is 30.3 Å². The van der Waals surface area contributed by atoms with Gasteiger partial charge in [0, 0.05) is 19.8 Å². The van der Waals surface area contributed by atoms with Crippen molar-refractivity contribution in [3.05, 3.63) is 59.7 Å². The highest BCUT2D eigenvalue weighted by atomic mass is 32.2. The molecule has 0 heterocycles. The number of hydrogen-bond donors (Lipinski definition) is 2. The van der Waals surface area contributed by atoms with Gasteiger partial charge in [0.05, 0.1) is 10.9 Å². The molecule has 0 aliphatic carbocycles. The van der Waals surface area contributed by atoms with Gasteiger partial charge in [-0.05, 0) is 36.6 Å². The molecule has 0 bridgehead atoms. The first-order valence-corrected chi connectivity index (χ1v) is 9.29. The molecule has 0 unspecified atom stereocenters. The molecule has 134 valence electrons. The molecule has 6 nitrogen and oxygen atoms in total. The molecule has 0 saturated heterocycles. The van der Waals surface area contributed by atoms with Crippen molar-refractivity contribution >= 4 is 21.6 Å². The van der Waals surface area contributed by atoms with Crippen LogP contribution in [0.15, 0.2) is 53.4 Å². The van der Waals surface area contributed by atoms with Gasteiger partial charge in [-0.2, -0.15) is 0 Å². The molecule has 0 radical (unpaired) electrons. The van der Waals surface area contributed by atoms with Gasteiger partial charge in [-0.3, -0.25) is 4.79 Å². The third-order valence-corrected chi connectivity index (χ3v) is 5.81. The second kappa shape index (κ2) is 7.77. The number of nitrogens with two attached hydrogens (primary N) is 1.